The molecule has 10 nitrogen and oxygen atoms in total. The molecule has 0 radical (unpaired) electrons. The smallest absolute Gasteiger partial charge is 0.408 e. The van der Waals surface area contributed by atoms with Gasteiger partial charge in [-0.3, -0.25) is 14.2 Å². The van der Waals surface area contributed by atoms with E-state index in [1.54, 1.807) is 30.5 Å². The van der Waals surface area contributed by atoms with Crippen LogP contribution in [-0.2, 0) is 44.8 Å². The molecule has 0 saturated carbocycles. The lowest BCUT2D eigenvalue weighted by Crippen LogP contribution is -2.48. The Morgan fingerprint density at radius 3 is 2.15 bits per heavy atom. The van der Waals surface area contributed by atoms with E-state index >= 15 is 0 Å². The highest BCUT2D eigenvalue weighted by molar-refractivity contribution is 7.58. The van der Waals surface area contributed by atoms with E-state index in [1.807, 2.05) is 103 Å². The first kappa shape index (κ1) is 37.1. The summed E-state index contributed by atoms with van der Waals surface area (Å²) < 4.78 is 19.9. The number of fused-ring (bicyclic) bond motifs is 2. The van der Waals surface area contributed by atoms with E-state index in [9.17, 15) is 23.8 Å². The molecule has 0 aliphatic heterocycles. The van der Waals surface area contributed by atoms with Crippen LogP contribution >= 0.6 is 7.37 Å². The summed E-state index contributed by atoms with van der Waals surface area (Å²) in [5.74, 6) is -3.58. The molecule has 0 saturated heterocycles. The molecule has 6 N–H and O–H groups in total. The molecule has 53 heavy (non-hydrogen) atoms. The maximum atomic E-state index is 14.5. The molecule has 3 amide bonds. The number of nitrogens with one attached hydrogen (secondary N) is 3. The highest BCUT2D eigenvalue weighted by Gasteiger charge is 2.38. The molecule has 6 rings (SSSR count). The molecule has 0 aliphatic carbocycles. The number of primary amides is 1. The van der Waals surface area contributed by atoms with Crippen LogP contribution in [0.4, 0.5) is 4.79 Å². The van der Waals surface area contributed by atoms with Crippen LogP contribution in [-0.4, -0.2) is 45.8 Å². The Balaban J connectivity index is 1.24. The second-order valence-electron chi connectivity index (χ2n) is 13.3. The highest BCUT2D eigenvalue weighted by atomic mass is 31.2. The van der Waals surface area contributed by atoms with Gasteiger partial charge in [0.15, 0.2) is 0 Å². The second-order valence-corrected chi connectivity index (χ2v) is 15.8. The fourth-order valence-electron chi connectivity index (χ4n) is 6.55. The number of hydrogen-bond donors (Lipinski definition) is 5. The minimum atomic E-state index is -4.34. The predicted molar refractivity (Wildman–Crippen MR) is 207 cm³/mol. The normalized spacial score (nSPS) is 14.1. The van der Waals surface area contributed by atoms with Crippen LogP contribution in [0, 0.1) is 5.92 Å². The molecule has 1 aromatic heterocycles. The van der Waals surface area contributed by atoms with E-state index in [2.05, 4.69) is 15.6 Å². The number of rotatable bonds is 16. The average Bonchev–Trinajstić information content (AvgIpc) is 3.58. The van der Waals surface area contributed by atoms with Gasteiger partial charge in [0.1, 0.15) is 18.4 Å². The summed E-state index contributed by atoms with van der Waals surface area (Å²) in [4.78, 5) is 54.9. The summed E-state index contributed by atoms with van der Waals surface area (Å²) in [7, 11) is -4.34. The minimum Gasteiger partial charge on any atom is -0.445 e. The number of benzene rings is 5. The number of para-hydroxylation sites is 1. The standard InChI is InChI=1S/C42H43N4O6P/c43-40(47)38(25-35-26-44-37-18-10-9-17-36(35)37)45-41(48)34(22-20-30-19-21-32-15-7-8-16-33(32)23-30)28-53(50,51)39(24-29-11-3-1-4-12-29)46-42(49)52-27-31-13-5-2-6-14-31/h1-19,21,23,26,34,38-39,44H,20,22,24-25,27-28H2,(H2,43,47)(H,45,48)(H,46,49)(H,50,51)/t34?,38-,39?/m0/s1. The van der Waals surface area contributed by atoms with Gasteiger partial charge in [-0.2, -0.15) is 0 Å². The number of aromatic amines is 1. The maximum absolute atomic E-state index is 14.5. The average molecular weight is 731 g/mol. The number of aromatic nitrogens is 1. The number of alkyl carbamates (subject to hydrolysis) is 1. The Kier molecular flexibility index (Phi) is 12.0. The lowest BCUT2D eigenvalue weighted by molar-refractivity contribution is -0.129. The van der Waals surface area contributed by atoms with Gasteiger partial charge >= 0.3 is 6.09 Å². The van der Waals surface area contributed by atoms with E-state index in [1.165, 1.54) is 0 Å². The van der Waals surface area contributed by atoms with Crippen molar-refractivity contribution in [1.29, 1.82) is 0 Å². The molecule has 5 aromatic carbocycles. The van der Waals surface area contributed by atoms with Gasteiger partial charge in [-0.15, -0.1) is 0 Å². The summed E-state index contributed by atoms with van der Waals surface area (Å²) in [6, 6.07) is 38.6. The molecule has 3 unspecified atom stereocenters. The highest BCUT2D eigenvalue weighted by Crippen LogP contribution is 2.49. The minimum absolute atomic E-state index is 0.0256. The number of ether oxygens (including phenoxy) is 1. The third-order valence-corrected chi connectivity index (χ3v) is 11.7. The third kappa shape index (κ3) is 10.0. The van der Waals surface area contributed by atoms with Crippen molar-refractivity contribution in [2.24, 2.45) is 11.7 Å². The molecular formula is C42H43N4O6P. The van der Waals surface area contributed by atoms with Crippen LogP contribution in [0.2, 0.25) is 0 Å². The SMILES string of the molecule is NC(=O)[C@H](Cc1c[nH]c2ccccc12)NC(=O)C(CCc1ccc2ccccc2c1)CP(=O)(O)C(Cc1ccccc1)NC(=O)OCc1ccccc1. The van der Waals surface area contributed by atoms with Gasteiger partial charge in [-0.1, -0.05) is 121 Å². The summed E-state index contributed by atoms with van der Waals surface area (Å²) in [6.07, 6.45) is 1.24. The Labute approximate surface area is 308 Å². The van der Waals surface area contributed by atoms with Crippen molar-refractivity contribution in [2.75, 3.05) is 6.16 Å². The summed E-state index contributed by atoms with van der Waals surface area (Å²) >= 11 is 0. The summed E-state index contributed by atoms with van der Waals surface area (Å²) in [6.45, 7) is -0.0256. The van der Waals surface area contributed by atoms with Crippen molar-refractivity contribution in [2.45, 2.75) is 44.1 Å². The molecule has 11 heteroatoms. The molecule has 6 aromatic rings. The van der Waals surface area contributed by atoms with Gasteiger partial charge in [-0.05, 0) is 51.9 Å². The first-order valence-electron chi connectivity index (χ1n) is 17.6. The Bertz CT molecular complexity index is 2230. The molecule has 0 bridgehead atoms. The van der Waals surface area contributed by atoms with Gasteiger partial charge in [0, 0.05) is 42.0 Å². The van der Waals surface area contributed by atoms with E-state index in [4.69, 9.17) is 10.5 Å². The van der Waals surface area contributed by atoms with Crippen molar-refractivity contribution in [3.63, 3.8) is 0 Å². The van der Waals surface area contributed by atoms with E-state index in [-0.39, 0.29) is 25.9 Å². The molecular weight excluding hydrogens is 687 g/mol. The van der Waals surface area contributed by atoms with Crippen molar-refractivity contribution < 1.29 is 28.6 Å². The van der Waals surface area contributed by atoms with Crippen LogP contribution in [0.25, 0.3) is 21.7 Å². The fourth-order valence-corrected chi connectivity index (χ4v) is 8.59. The predicted octanol–water partition coefficient (Wildman–Crippen LogP) is 6.85. The lowest BCUT2D eigenvalue weighted by Gasteiger charge is -2.28. The van der Waals surface area contributed by atoms with Crippen LogP contribution < -0.4 is 16.4 Å². The number of H-pyrrole nitrogens is 1. The Morgan fingerprint density at radius 1 is 0.755 bits per heavy atom. The number of amides is 3. The first-order chi connectivity index (χ1) is 25.6. The topological polar surface area (TPSA) is 164 Å². The van der Waals surface area contributed by atoms with Crippen LogP contribution in [0.15, 0.2) is 134 Å². The first-order valence-corrected chi connectivity index (χ1v) is 19.5. The van der Waals surface area contributed by atoms with Gasteiger partial charge in [0.05, 0.1) is 0 Å². The maximum Gasteiger partial charge on any atom is 0.408 e. The number of nitrogens with two attached hydrogens (primary N) is 1. The van der Waals surface area contributed by atoms with E-state index < -0.39 is 49.2 Å². The van der Waals surface area contributed by atoms with E-state index in [0.717, 1.165) is 43.9 Å². The Morgan fingerprint density at radius 2 is 1.42 bits per heavy atom. The summed E-state index contributed by atoms with van der Waals surface area (Å²) in [5, 5.41) is 8.44. The molecule has 1 heterocycles. The van der Waals surface area contributed by atoms with Crippen molar-refractivity contribution in [3.05, 3.63) is 156 Å². The summed E-state index contributed by atoms with van der Waals surface area (Å²) in [5.41, 5.74) is 9.93. The zero-order valence-corrected chi connectivity index (χ0v) is 30.1. The van der Waals surface area contributed by atoms with E-state index in [0.29, 0.717) is 6.42 Å². The molecule has 272 valence electrons. The van der Waals surface area contributed by atoms with Crippen LogP contribution in [0.1, 0.15) is 28.7 Å². The van der Waals surface area contributed by atoms with Crippen molar-refractivity contribution in [1.82, 2.24) is 15.6 Å². The second kappa shape index (κ2) is 17.2. The van der Waals surface area contributed by atoms with Crippen LogP contribution in [0.3, 0.4) is 0 Å². The van der Waals surface area contributed by atoms with Gasteiger partial charge < -0.3 is 31.0 Å². The monoisotopic (exact) mass is 730 g/mol. The number of carbonyl (C=O) groups is 3. The Hall–Kier alpha value is -5.70. The fraction of sp³-hybridized carbons (Fsp3) is 0.214. The number of aryl methyl sites for hydroxylation is 1. The molecule has 4 atom stereocenters. The molecule has 0 spiro atoms. The molecule has 0 fully saturated rings. The zero-order valence-electron chi connectivity index (χ0n) is 29.2. The van der Waals surface area contributed by atoms with Gasteiger partial charge in [0.25, 0.3) is 0 Å². The van der Waals surface area contributed by atoms with Crippen molar-refractivity contribution >= 4 is 47.0 Å². The lowest BCUT2D eigenvalue weighted by atomic mass is 9.97. The van der Waals surface area contributed by atoms with Gasteiger partial charge in [0.2, 0.25) is 19.2 Å². The van der Waals surface area contributed by atoms with Crippen LogP contribution in [0.5, 0.6) is 0 Å². The quantitative estimate of drug-likeness (QED) is 0.0684. The third-order valence-electron chi connectivity index (χ3n) is 9.46. The largest absolute Gasteiger partial charge is 0.445 e. The van der Waals surface area contributed by atoms with Crippen molar-refractivity contribution in [3.8, 4) is 0 Å². The zero-order chi connectivity index (χ0) is 37.2. The van der Waals surface area contributed by atoms with Gasteiger partial charge in [-0.25, -0.2) is 4.79 Å². The number of hydrogen-bond acceptors (Lipinski definition) is 5. The number of carbonyl (C=O) groups excluding carboxylic acids is 3. The molecule has 0 aliphatic rings.